The van der Waals surface area contributed by atoms with Crippen molar-refractivity contribution in [3.8, 4) is 0 Å². The van der Waals surface area contributed by atoms with E-state index in [1.165, 1.54) is 0 Å². The molecule has 0 aliphatic heterocycles. The van der Waals surface area contributed by atoms with E-state index in [0.29, 0.717) is 5.69 Å². The Kier molecular flexibility index (Phi) is 4.28. The van der Waals surface area contributed by atoms with Crippen LogP contribution < -0.4 is 0 Å². The van der Waals surface area contributed by atoms with Crippen molar-refractivity contribution in [3.05, 3.63) is 41.6 Å². The van der Waals surface area contributed by atoms with E-state index in [1.807, 2.05) is 31.2 Å². The van der Waals surface area contributed by atoms with Gasteiger partial charge < -0.3 is 5.11 Å². The number of aliphatic hydroxyl groups excluding tert-OH is 1. The van der Waals surface area contributed by atoms with Gasteiger partial charge in [0.2, 0.25) is 0 Å². The van der Waals surface area contributed by atoms with Gasteiger partial charge in [-0.05, 0) is 37.5 Å². The van der Waals surface area contributed by atoms with E-state index in [2.05, 4.69) is 4.98 Å². The molecule has 0 bridgehead atoms. The maximum absolute atomic E-state index is 12.1. The first-order valence-electron chi connectivity index (χ1n) is 6.48. The van der Waals surface area contributed by atoms with Crippen LogP contribution in [0.2, 0.25) is 0 Å². The van der Waals surface area contributed by atoms with Crippen LogP contribution in [0.4, 0.5) is 13.2 Å². The number of alkyl halides is 3. The number of aryl methyl sites for hydroxylation is 1. The topological polar surface area (TPSA) is 33.1 Å². The normalized spacial score (nSPS) is 13.7. The molecule has 20 heavy (non-hydrogen) atoms. The van der Waals surface area contributed by atoms with Crippen molar-refractivity contribution in [3.63, 3.8) is 0 Å². The summed E-state index contributed by atoms with van der Waals surface area (Å²) in [5.74, 6) is 0. The highest BCUT2D eigenvalue weighted by Gasteiger charge is 2.26. The van der Waals surface area contributed by atoms with Gasteiger partial charge in [-0.1, -0.05) is 18.2 Å². The number of aliphatic hydroxyl groups is 1. The minimum atomic E-state index is -4.17. The lowest BCUT2D eigenvalue weighted by molar-refractivity contribution is -0.136. The molecule has 0 fully saturated rings. The second kappa shape index (κ2) is 5.79. The zero-order valence-electron chi connectivity index (χ0n) is 11.1. The van der Waals surface area contributed by atoms with E-state index in [4.69, 9.17) is 0 Å². The highest BCUT2D eigenvalue weighted by atomic mass is 19.4. The summed E-state index contributed by atoms with van der Waals surface area (Å²) in [6.07, 6.45) is -6.05. The van der Waals surface area contributed by atoms with E-state index in [0.717, 1.165) is 16.5 Å². The molecule has 0 amide bonds. The molecule has 1 aromatic carbocycles. The molecule has 0 saturated carbocycles. The molecule has 2 rings (SSSR count). The summed E-state index contributed by atoms with van der Waals surface area (Å²) in [5.41, 5.74) is 2.14. The van der Waals surface area contributed by atoms with Crippen LogP contribution in [-0.2, 0) is 0 Å². The van der Waals surface area contributed by atoms with Crippen molar-refractivity contribution in [2.45, 2.75) is 38.5 Å². The zero-order valence-corrected chi connectivity index (χ0v) is 11.1. The number of nitrogens with zero attached hydrogens (tertiary/aromatic N) is 1. The van der Waals surface area contributed by atoms with Crippen LogP contribution >= 0.6 is 0 Å². The number of rotatable bonds is 4. The molecule has 0 saturated heterocycles. The molecule has 0 aliphatic rings. The second-order valence-electron chi connectivity index (χ2n) is 4.90. The minimum Gasteiger partial charge on any atom is -0.387 e. The van der Waals surface area contributed by atoms with Crippen LogP contribution in [0.15, 0.2) is 30.3 Å². The standard InChI is InChI=1S/C15H16F3NO/c1-10-9-13(14(20)7-4-8-15(16,17)18)19-12-6-3-2-5-11(10)12/h2-3,5-6,9,14,20H,4,7-8H2,1H3. The monoisotopic (exact) mass is 283 g/mol. The largest absolute Gasteiger partial charge is 0.389 e. The van der Waals surface area contributed by atoms with E-state index in [-0.39, 0.29) is 12.8 Å². The van der Waals surface area contributed by atoms with Gasteiger partial charge in [0.25, 0.3) is 0 Å². The summed E-state index contributed by atoms with van der Waals surface area (Å²) in [4.78, 5) is 4.32. The summed E-state index contributed by atoms with van der Waals surface area (Å²) >= 11 is 0. The predicted molar refractivity (Wildman–Crippen MR) is 71.3 cm³/mol. The summed E-state index contributed by atoms with van der Waals surface area (Å²) in [6.45, 7) is 1.90. The fourth-order valence-electron chi connectivity index (χ4n) is 2.19. The molecule has 2 nitrogen and oxygen atoms in total. The summed E-state index contributed by atoms with van der Waals surface area (Å²) < 4.78 is 36.3. The van der Waals surface area contributed by atoms with Gasteiger partial charge in [-0.3, -0.25) is 4.98 Å². The first kappa shape index (κ1) is 14.8. The zero-order chi connectivity index (χ0) is 14.8. The molecule has 1 unspecified atom stereocenters. The van der Waals surface area contributed by atoms with Crippen LogP contribution in [0.5, 0.6) is 0 Å². The lowest BCUT2D eigenvalue weighted by atomic mass is 10.0. The predicted octanol–water partition coefficient (Wildman–Crippen LogP) is 4.31. The van der Waals surface area contributed by atoms with Crippen LogP contribution in [0.25, 0.3) is 10.9 Å². The summed E-state index contributed by atoms with van der Waals surface area (Å²) in [6, 6.07) is 9.23. The Labute approximate surface area is 115 Å². The molecular formula is C15H16F3NO. The third-order valence-corrected chi connectivity index (χ3v) is 3.22. The van der Waals surface area contributed by atoms with Crippen molar-refractivity contribution in [1.29, 1.82) is 0 Å². The van der Waals surface area contributed by atoms with Gasteiger partial charge in [0.1, 0.15) is 0 Å². The number of para-hydroxylation sites is 1. The third-order valence-electron chi connectivity index (χ3n) is 3.22. The Morgan fingerprint density at radius 2 is 1.95 bits per heavy atom. The van der Waals surface area contributed by atoms with Crippen molar-refractivity contribution in [1.82, 2.24) is 4.98 Å². The number of hydrogen-bond acceptors (Lipinski definition) is 2. The Morgan fingerprint density at radius 3 is 2.65 bits per heavy atom. The number of benzene rings is 1. The average molecular weight is 283 g/mol. The van der Waals surface area contributed by atoms with E-state index >= 15 is 0 Å². The Morgan fingerprint density at radius 1 is 1.25 bits per heavy atom. The molecule has 0 spiro atoms. The minimum absolute atomic E-state index is 0.0598. The van der Waals surface area contributed by atoms with Gasteiger partial charge in [-0.25, -0.2) is 0 Å². The van der Waals surface area contributed by atoms with E-state index in [9.17, 15) is 18.3 Å². The van der Waals surface area contributed by atoms with Crippen molar-refractivity contribution in [2.75, 3.05) is 0 Å². The van der Waals surface area contributed by atoms with E-state index < -0.39 is 18.7 Å². The van der Waals surface area contributed by atoms with Crippen LogP contribution in [0.1, 0.15) is 36.6 Å². The van der Waals surface area contributed by atoms with Gasteiger partial charge in [-0.15, -0.1) is 0 Å². The average Bonchev–Trinajstić information content (AvgIpc) is 2.37. The van der Waals surface area contributed by atoms with Crippen LogP contribution in [0.3, 0.4) is 0 Å². The van der Waals surface area contributed by atoms with E-state index in [1.54, 1.807) is 6.07 Å². The molecule has 2 aromatic rings. The summed E-state index contributed by atoms with van der Waals surface area (Å²) in [7, 11) is 0. The lowest BCUT2D eigenvalue weighted by Crippen LogP contribution is -2.08. The number of pyridine rings is 1. The fourth-order valence-corrected chi connectivity index (χ4v) is 2.19. The third kappa shape index (κ3) is 3.70. The van der Waals surface area contributed by atoms with Crippen LogP contribution in [0, 0.1) is 6.92 Å². The molecule has 1 N–H and O–H groups in total. The highest BCUT2D eigenvalue weighted by Crippen LogP contribution is 2.27. The van der Waals surface area contributed by atoms with Gasteiger partial charge in [-0.2, -0.15) is 13.2 Å². The Hall–Kier alpha value is -1.62. The Bertz CT molecular complexity index is 595. The van der Waals surface area contributed by atoms with Crippen molar-refractivity contribution in [2.24, 2.45) is 0 Å². The number of hydrogen-bond donors (Lipinski definition) is 1. The number of fused-ring (bicyclic) bond motifs is 1. The smallest absolute Gasteiger partial charge is 0.387 e. The van der Waals surface area contributed by atoms with Crippen LogP contribution in [-0.4, -0.2) is 16.3 Å². The van der Waals surface area contributed by atoms with Crippen molar-refractivity contribution < 1.29 is 18.3 Å². The Balaban J connectivity index is 2.12. The molecule has 1 heterocycles. The molecule has 108 valence electrons. The first-order valence-corrected chi connectivity index (χ1v) is 6.48. The van der Waals surface area contributed by atoms with Gasteiger partial charge >= 0.3 is 6.18 Å². The molecule has 5 heteroatoms. The molecule has 1 atom stereocenters. The first-order chi connectivity index (χ1) is 9.37. The van der Waals surface area contributed by atoms with Gasteiger partial charge in [0, 0.05) is 11.8 Å². The molecule has 0 radical (unpaired) electrons. The lowest BCUT2D eigenvalue weighted by Gasteiger charge is -2.13. The second-order valence-corrected chi connectivity index (χ2v) is 4.90. The van der Waals surface area contributed by atoms with Gasteiger partial charge in [0.05, 0.1) is 17.3 Å². The maximum Gasteiger partial charge on any atom is 0.389 e. The number of aromatic nitrogens is 1. The quantitative estimate of drug-likeness (QED) is 0.907. The SMILES string of the molecule is Cc1cc(C(O)CCCC(F)(F)F)nc2ccccc12. The van der Waals surface area contributed by atoms with Gasteiger partial charge in [0.15, 0.2) is 0 Å². The molecular weight excluding hydrogens is 267 g/mol. The molecule has 1 aromatic heterocycles. The fraction of sp³-hybridized carbons (Fsp3) is 0.400. The maximum atomic E-state index is 12.1. The summed E-state index contributed by atoms with van der Waals surface area (Å²) in [5, 5.41) is 11.0. The number of halogens is 3. The van der Waals surface area contributed by atoms with Crippen molar-refractivity contribution >= 4 is 10.9 Å². The molecule has 0 aliphatic carbocycles. The highest BCUT2D eigenvalue weighted by molar-refractivity contribution is 5.82.